The zero-order valence-electron chi connectivity index (χ0n) is 13.1. The maximum atomic E-state index is 13.0. The fourth-order valence-corrected chi connectivity index (χ4v) is 3.60. The first kappa shape index (κ1) is 15.0. The summed E-state index contributed by atoms with van der Waals surface area (Å²) in [6, 6.07) is 20.9. The van der Waals surface area contributed by atoms with Gasteiger partial charge in [0.25, 0.3) is 0 Å². The van der Waals surface area contributed by atoms with Gasteiger partial charge in [0.05, 0.1) is 0 Å². The lowest BCUT2D eigenvalue weighted by atomic mass is 9.84. The minimum atomic E-state index is 0.207. The van der Waals surface area contributed by atoms with Gasteiger partial charge in [0.2, 0.25) is 0 Å². The van der Waals surface area contributed by atoms with E-state index >= 15 is 0 Å². The highest BCUT2D eigenvalue weighted by Crippen LogP contribution is 2.29. The Morgan fingerprint density at radius 1 is 0.682 bits per heavy atom. The van der Waals surface area contributed by atoms with Crippen molar-refractivity contribution >= 4 is 5.78 Å². The van der Waals surface area contributed by atoms with Crippen molar-refractivity contribution in [3.63, 3.8) is 0 Å². The molecular formula is C21H24O. The molecule has 1 nitrogen and oxygen atoms in total. The van der Waals surface area contributed by atoms with Gasteiger partial charge in [-0.25, -0.2) is 0 Å². The van der Waals surface area contributed by atoms with Crippen LogP contribution in [-0.2, 0) is 17.6 Å². The molecule has 0 bridgehead atoms. The number of hydrogen-bond donors (Lipinski definition) is 0. The summed E-state index contributed by atoms with van der Waals surface area (Å²) in [4.78, 5) is 13.0. The third-order valence-corrected chi connectivity index (χ3v) is 4.81. The lowest BCUT2D eigenvalue weighted by molar-refractivity contribution is -0.126. The molecule has 3 rings (SSSR count). The summed E-state index contributed by atoms with van der Waals surface area (Å²) in [5.74, 6) is 0.905. The fourth-order valence-electron chi connectivity index (χ4n) is 3.60. The van der Waals surface area contributed by atoms with Crippen molar-refractivity contribution in [3.05, 3.63) is 71.8 Å². The zero-order valence-corrected chi connectivity index (χ0v) is 13.1. The van der Waals surface area contributed by atoms with E-state index in [0.29, 0.717) is 5.78 Å². The Morgan fingerprint density at radius 3 is 1.50 bits per heavy atom. The fraction of sp³-hybridized carbons (Fsp3) is 0.381. The average Bonchev–Trinajstić information content (AvgIpc) is 2.73. The first-order valence-corrected chi connectivity index (χ1v) is 8.44. The highest BCUT2D eigenvalue weighted by molar-refractivity contribution is 5.84. The van der Waals surface area contributed by atoms with Crippen LogP contribution >= 0.6 is 0 Å². The largest absolute Gasteiger partial charge is 0.299 e. The van der Waals surface area contributed by atoms with E-state index < -0.39 is 0 Å². The Kier molecular flexibility index (Phi) is 5.05. The second-order valence-electron chi connectivity index (χ2n) is 6.46. The molecule has 114 valence electrons. The summed E-state index contributed by atoms with van der Waals surface area (Å²) in [5.41, 5.74) is 2.59. The SMILES string of the molecule is O=C1C(Cc2ccccc2)CCCCC1Cc1ccccc1. The van der Waals surface area contributed by atoms with Crippen LogP contribution in [0, 0.1) is 11.8 Å². The third kappa shape index (κ3) is 3.85. The summed E-state index contributed by atoms with van der Waals surface area (Å²) >= 11 is 0. The number of carbonyl (C=O) groups excluding carboxylic acids is 1. The van der Waals surface area contributed by atoms with Crippen molar-refractivity contribution in [1.82, 2.24) is 0 Å². The highest BCUT2D eigenvalue weighted by atomic mass is 16.1. The lowest BCUT2D eigenvalue weighted by Crippen LogP contribution is -2.25. The number of carbonyl (C=O) groups is 1. The molecule has 0 saturated heterocycles. The van der Waals surface area contributed by atoms with Crippen molar-refractivity contribution in [2.45, 2.75) is 38.5 Å². The smallest absolute Gasteiger partial charge is 0.139 e. The summed E-state index contributed by atoms with van der Waals surface area (Å²) < 4.78 is 0. The number of benzene rings is 2. The Hall–Kier alpha value is -1.89. The number of ketones is 1. The Bertz CT molecular complexity index is 534. The van der Waals surface area contributed by atoms with E-state index in [-0.39, 0.29) is 11.8 Å². The van der Waals surface area contributed by atoms with Crippen LogP contribution in [0.1, 0.15) is 36.8 Å². The van der Waals surface area contributed by atoms with Gasteiger partial charge >= 0.3 is 0 Å². The second kappa shape index (κ2) is 7.40. The number of Topliss-reactive ketones (excluding diaryl/α,β-unsaturated/α-hetero) is 1. The average molecular weight is 292 g/mol. The van der Waals surface area contributed by atoms with E-state index in [4.69, 9.17) is 0 Å². The van der Waals surface area contributed by atoms with E-state index in [9.17, 15) is 4.79 Å². The highest BCUT2D eigenvalue weighted by Gasteiger charge is 2.29. The van der Waals surface area contributed by atoms with Crippen LogP contribution in [0.15, 0.2) is 60.7 Å². The van der Waals surface area contributed by atoms with Gasteiger partial charge in [0.15, 0.2) is 0 Å². The third-order valence-electron chi connectivity index (χ3n) is 4.81. The van der Waals surface area contributed by atoms with Gasteiger partial charge < -0.3 is 0 Å². The topological polar surface area (TPSA) is 17.1 Å². The molecule has 2 atom stereocenters. The monoisotopic (exact) mass is 292 g/mol. The predicted molar refractivity (Wildman–Crippen MR) is 90.7 cm³/mol. The van der Waals surface area contributed by atoms with Crippen LogP contribution in [0.3, 0.4) is 0 Å². The van der Waals surface area contributed by atoms with Crippen LogP contribution in [0.4, 0.5) is 0 Å². The molecule has 0 aliphatic heterocycles. The minimum Gasteiger partial charge on any atom is -0.299 e. The molecule has 0 N–H and O–H groups in total. The molecule has 1 heteroatoms. The lowest BCUT2D eigenvalue weighted by Gasteiger charge is -2.19. The van der Waals surface area contributed by atoms with Crippen molar-refractivity contribution in [1.29, 1.82) is 0 Å². The van der Waals surface area contributed by atoms with Crippen LogP contribution in [-0.4, -0.2) is 5.78 Å². The van der Waals surface area contributed by atoms with Crippen LogP contribution in [0.2, 0.25) is 0 Å². The molecule has 2 aromatic carbocycles. The molecule has 0 amide bonds. The maximum absolute atomic E-state index is 13.0. The zero-order chi connectivity index (χ0) is 15.2. The van der Waals surface area contributed by atoms with E-state index in [0.717, 1.165) is 25.7 Å². The number of rotatable bonds is 4. The molecule has 0 spiro atoms. The van der Waals surface area contributed by atoms with Gasteiger partial charge in [-0.1, -0.05) is 73.5 Å². The molecule has 1 aliphatic rings. The number of hydrogen-bond acceptors (Lipinski definition) is 1. The Labute approximate surface area is 133 Å². The van der Waals surface area contributed by atoms with Gasteiger partial charge in [0, 0.05) is 11.8 Å². The predicted octanol–water partition coefficient (Wildman–Crippen LogP) is 4.85. The molecule has 1 aliphatic carbocycles. The van der Waals surface area contributed by atoms with Gasteiger partial charge in [0.1, 0.15) is 5.78 Å². The van der Waals surface area contributed by atoms with Crippen molar-refractivity contribution in [2.75, 3.05) is 0 Å². The summed E-state index contributed by atoms with van der Waals surface area (Å²) in [7, 11) is 0. The molecule has 2 unspecified atom stereocenters. The molecule has 0 radical (unpaired) electrons. The molecular weight excluding hydrogens is 268 g/mol. The molecule has 0 heterocycles. The van der Waals surface area contributed by atoms with E-state index in [1.807, 2.05) is 12.1 Å². The van der Waals surface area contributed by atoms with Crippen molar-refractivity contribution in [3.8, 4) is 0 Å². The summed E-state index contributed by atoms with van der Waals surface area (Å²) in [5, 5.41) is 0. The first-order chi connectivity index (χ1) is 10.8. The molecule has 22 heavy (non-hydrogen) atoms. The Balaban J connectivity index is 1.70. The molecule has 1 saturated carbocycles. The minimum absolute atomic E-state index is 0.207. The van der Waals surface area contributed by atoms with E-state index in [1.165, 1.54) is 24.0 Å². The Morgan fingerprint density at radius 2 is 1.09 bits per heavy atom. The normalized spacial score (nSPS) is 22.3. The maximum Gasteiger partial charge on any atom is 0.139 e. The van der Waals surface area contributed by atoms with E-state index in [1.54, 1.807) is 0 Å². The van der Waals surface area contributed by atoms with Gasteiger partial charge in [-0.2, -0.15) is 0 Å². The summed E-state index contributed by atoms with van der Waals surface area (Å²) in [6.45, 7) is 0. The second-order valence-corrected chi connectivity index (χ2v) is 6.46. The standard InChI is InChI=1S/C21H24O/c22-21-19(15-17-9-3-1-4-10-17)13-7-8-14-20(21)16-18-11-5-2-6-12-18/h1-6,9-12,19-20H,7-8,13-16H2. The molecule has 1 fully saturated rings. The quantitative estimate of drug-likeness (QED) is 0.736. The van der Waals surface area contributed by atoms with Gasteiger partial charge in [-0.3, -0.25) is 4.79 Å². The molecule has 2 aromatic rings. The van der Waals surface area contributed by atoms with Crippen LogP contribution in [0.5, 0.6) is 0 Å². The first-order valence-electron chi connectivity index (χ1n) is 8.44. The van der Waals surface area contributed by atoms with E-state index in [2.05, 4.69) is 48.5 Å². The van der Waals surface area contributed by atoms with Crippen molar-refractivity contribution in [2.24, 2.45) is 11.8 Å². The summed E-state index contributed by atoms with van der Waals surface area (Å²) in [6.07, 6.45) is 6.30. The van der Waals surface area contributed by atoms with Crippen LogP contribution in [0.25, 0.3) is 0 Å². The molecule has 0 aromatic heterocycles. The van der Waals surface area contributed by atoms with Crippen LogP contribution < -0.4 is 0 Å². The van der Waals surface area contributed by atoms with Crippen molar-refractivity contribution < 1.29 is 4.79 Å². The van der Waals surface area contributed by atoms with Gasteiger partial charge in [-0.15, -0.1) is 0 Å². The van der Waals surface area contributed by atoms with Gasteiger partial charge in [-0.05, 0) is 36.8 Å².